The van der Waals surface area contributed by atoms with Gasteiger partial charge in [0.2, 0.25) is 0 Å². The van der Waals surface area contributed by atoms with Gasteiger partial charge in [0, 0.05) is 24.8 Å². The van der Waals surface area contributed by atoms with Gasteiger partial charge in [-0.05, 0) is 52.1 Å². The molecular formula is C27H27NO5S. The number of Topliss-reactive ketones (excluding diaryl/α,β-unsaturated/α-hetero) is 1. The van der Waals surface area contributed by atoms with Gasteiger partial charge in [0.05, 0.1) is 11.6 Å². The molecule has 34 heavy (non-hydrogen) atoms. The van der Waals surface area contributed by atoms with Crippen LogP contribution in [0.2, 0.25) is 0 Å². The van der Waals surface area contributed by atoms with Gasteiger partial charge in [0.15, 0.2) is 18.3 Å². The molecule has 1 N–H and O–H groups in total. The zero-order valence-corrected chi connectivity index (χ0v) is 20.2. The van der Waals surface area contributed by atoms with Crippen molar-refractivity contribution in [2.45, 2.75) is 26.3 Å². The van der Waals surface area contributed by atoms with E-state index in [-0.39, 0.29) is 30.5 Å². The fraction of sp³-hybridized carbons (Fsp3) is 0.259. The van der Waals surface area contributed by atoms with E-state index in [2.05, 4.69) is 5.38 Å². The molecule has 0 fully saturated rings. The minimum atomic E-state index is -0.821. The highest BCUT2D eigenvalue weighted by Gasteiger charge is 2.45. The van der Waals surface area contributed by atoms with Crippen molar-refractivity contribution in [2.24, 2.45) is 5.92 Å². The van der Waals surface area contributed by atoms with E-state index in [1.165, 1.54) is 12.0 Å². The Balaban J connectivity index is 1.81. The van der Waals surface area contributed by atoms with E-state index in [0.29, 0.717) is 17.0 Å². The van der Waals surface area contributed by atoms with Gasteiger partial charge in [0.1, 0.15) is 5.75 Å². The summed E-state index contributed by atoms with van der Waals surface area (Å²) in [4.78, 5) is 28.0. The number of aliphatic hydroxyl groups is 1. The number of ether oxygens (including phenoxy) is 2. The van der Waals surface area contributed by atoms with E-state index in [9.17, 15) is 14.7 Å². The lowest BCUT2D eigenvalue weighted by atomic mass is 9.91. The summed E-state index contributed by atoms with van der Waals surface area (Å²) in [6.07, 6.45) is 0.217. The second kappa shape index (κ2) is 10.2. The van der Waals surface area contributed by atoms with Gasteiger partial charge in [-0.1, -0.05) is 44.2 Å². The molecule has 2 heterocycles. The molecule has 1 aliphatic rings. The molecule has 1 aliphatic heterocycles. The first kappa shape index (κ1) is 23.7. The second-order valence-corrected chi connectivity index (χ2v) is 9.29. The van der Waals surface area contributed by atoms with Crippen LogP contribution >= 0.6 is 11.3 Å². The lowest BCUT2D eigenvalue weighted by molar-refractivity contribution is -0.118. The average Bonchev–Trinajstić information content (AvgIpc) is 3.45. The molecule has 0 radical (unpaired) electrons. The van der Waals surface area contributed by atoms with Crippen LogP contribution in [0.4, 0.5) is 5.69 Å². The first-order valence-electron chi connectivity index (χ1n) is 11.1. The van der Waals surface area contributed by atoms with E-state index in [1.807, 2.05) is 61.7 Å². The number of nitrogens with zero attached hydrogens (tertiary/aromatic N) is 1. The number of aliphatic hydroxyl groups excluding tert-OH is 1. The SMILES string of the molecule is COCOc1ccccc1C1C(C(=O)CC(C)C)=C(O)C(=O)N1c1ccc(-c2ccsc2)cc1. The van der Waals surface area contributed by atoms with Gasteiger partial charge in [-0.3, -0.25) is 14.5 Å². The van der Waals surface area contributed by atoms with Crippen LogP contribution < -0.4 is 9.64 Å². The second-order valence-electron chi connectivity index (χ2n) is 8.51. The van der Waals surface area contributed by atoms with Gasteiger partial charge in [-0.15, -0.1) is 0 Å². The largest absolute Gasteiger partial charge is 0.503 e. The third-order valence-electron chi connectivity index (χ3n) is 5.65. The highest BCUT2D eigenvalue weighted by Crippen LogP contribution is 2.44. The summed E-state index contributed by atoms with van der Waals surface area (Å²) in [5.41, 5.74) is 3.38. The number of anilines is 1. The summed E-state index contributed by atoms with van der Waals surface area (Å²) in [5.74, 6) is -0.833. The van der Waals surface area contributed by atoms with Crippen LogP contribution in [0.3, 0.4) is 0 Å². The molecule has 2 aromatic carbocycles. The molecule has 0 saturated heterocycles. The summed E-state index contributed by atoms with van der Waals surface area (Å²) < 4.78 is 10.8. The number of amides is 1. The Hall–Kier alpha value is -3.42. The maximum Gasteiger partial charge on any atom is 0.294 e. The Kier molecular flexibility index (Phi) is 7.14. The Morgan fingerprint density at radius 2 is 1.82 bits per heavy atom. The zero-order chi connectivity index (χ0) is 24.2. The third kappa shape index (κ3) is 4.62. The molecular weight excluding hydrogens is 450 g/mol. The number of ketones is 1. The van der Waals surface area contributed by atoms with E-state index < -0.39 is 17.7 Å². The van der Waals surface area contributed by atoms with Crippen molar-refractivity contribution >= 4 is 28.7 Å². The summed E-state index contributed by atoms with van der Waals surface area (Å²) in [7, 11) is 1.52. The van der Waals surface area contributed by atoms with Crippen molar-refractivity contribution in [3.05, 3.63) is 82.3 Å². The third-order valence-corrected chi connectivity index (χ3v) is 6.33. The maximum atomic E-state index is 13.3. The molecule has 0 bridgehead atoms. The van der Waals surface area contributed by atoms with Crippen LogP contribution in [0.5, 0.6) is 5.75 Å². The van der Waals surface area contributed by atoms with Crippen molar-refractivity contribution in [3.63, 3.8) is 0 Å². The number of carbonyl (C=O) groups excluding carboxylic acids is 2. The molecule has 176 valence electrons. The molecule has 1 unspecified atom stereocenters. The van der Waals surface area contributed by atoms with Crippen molar-refractivity contribution < 1.29 is 24.2 Å². The minimum absolute atomic E-state index is 0.0119. The molecule has 0 spiro atoms. The topological polar surface area (TPSA) is 76.1 Å². The summed E-state index contributed by atoms with van der Waals surface area (Å²) >= 11 is 1.61. The van der Waals surface area contributed by atoms with Crippen molar-refractivity contribution in [1.82, 2.24) is 0 Å². The number of hydrogen-bond donors (Lipinski definition) is 1. The Labute approximate surface area is 203 Å². The predicted molar refractivity (Wildman–Crippen MR) is 133 cm³/mol. The van der Waals surface area contributed by atoms with E-state index in [0.717, 1.165) is 11.1 Å². The average molecular weight is 478 g/mol. The van der Waals surface area contributed by atoms with Crippen LogP contribution in [-0.2, 0) is 14.3 Å². The monoisotopic (exact) mass is 477 g/mol. The summed E-state index contributed by atoms with van der Waals surface area (Å²) in [6, 6.07) is 15.9. The van der Waals surface area contributed by atoms with Gasteiger partial charge < -0.3 is 14.6 Å². The van der Waals surface area contributed by atoms with Crippen LogP contribution in [-0.4, -0.2) is 30.7 Å². The lowest BCUT2D eigenvalue weighted by Crippen LogP contribution is -2.31. The first-order chi connectivity index (χ1) is 16.4. The highest BCUT2D eigenvalue weighted by molar-refractivity contribution is 7.08. The Morgan fingerprint density at radius 3 is 2.47 bits per heavy atom. The quantitative estimate of drug-likeness (QED) is 0.388. The molecule has 1 amide bonds. The van der Waals surface area contributed by atoms with Crippen LogP contribution in [0, 0.1) is 5.92 Å². The molecule has 6 nitrogen and oxygen atoms in total. The molecule has 0 aliphatic carbocycles. The first-order valence-corrected chi connectivity index (χ1v) is 12.0. The van der Waals surface area contributed by atoms with E-state index in [4.69, 9.17) is 9.47 Å². The van der Waals surface area contributed by atoms with Gasteiger partial charge in [0.25, 0.3) is 5.91 Å². The summed E-state index contributed by atoms with van der Waals surface area (Å²) in [6.45, 7) is 3.87. The van der Waals surface area contributed by atoms with Crippen molar-refractivity contribution in [2.75, 3.05) is 18.8 Å². The molecule has 3 aromatic rings. The van der Waals surface area contributed by atoms with Crippen molar-refractivity contribution in [3.8, 4) is 16.9 Å². The predicted octanol–water partition coefficient (Wildman–Crippen LogP) is 5.91. The molecule has 1 aromatic heterocycles. The molecule has 7 heteroatoms. The van der Waals surface area contributed by atoms with Gasteiger partial charge in [-0.25, -0.2) is 0 Å². The van der Waals surface area contributed by atoms with Crippen LogP contribution in [0.25, 0.3) is 11.1 Å². The number of benzene rings is 2. The van der Waals surface area contributed by atoms with E-state index >= 15 is 0 Å². The highest BCUT2D eigenvalue weighted by atomic mass is 32.1. The number of thiophene rings is 1. The number of para-hydroxylation sites is 1. The molecule has 4 rings (SSSR count). The minimum Gasteiger partial charge on any atom is -0.503 e. The van der Waals surface area contributed by atoms with Gasteiger partial charge >= 0.3 is 0 Å². The fourth-order valence-electron chi connectivity index (χ4n) is 4.13. The van der Waals surface area contributed by atoms with Crippen molar-refractivity contribution in [1.29, 1.82) is 0 Å². The smallest absolute Gasteiger partial charge is 0.294 e. The van der Waals surface area contributed by atoms with Gasteiger partial charge in [-0.2, -0.15) is 11.3 Å². The number of rotatable bonds is 9. The fourth-order valence-corrected chi connectivity index (χ4v) is 4.80. The standard InChI is InChI=1S/C27H27NO5S/c1-17(2)14-22(29)24-25(21-6-4-5-7-23(21)33-16-32-3)28(27(31)26(24)30)20-10-8-18(9-11-20)19-12-13-34-15-19/h4-13,15,17,25,30H,14,16H2,1-3H3. The van der Waals surface area contributed by atoms with Crippen LogP contribution in [0.15, 0.2) is 76.7 Å². The Bertz CT molecular complexity index is 1200. The Morgan fingerprint density at radius 1 is 1.09 bits per heavy atom. The van der Waals surface area contributed by atoms with E-state index in [1.54, 1.807) is 23.5 Å². The normalized spacial score (nSPS) is 15.9. The van der Waals surface area contributed by atoms with Crippen LogP contribution in [0.1, 0.15) is 31.9 Å². The lowest BCUT2D eigenvalue weighted by Gasteiger charge is -2.28. The number of methoxy groups -OCH3 is 1. The molecule has 0 saturated carbocycles. The summed E-state index contributed by atoms with van der Waals surface area (Å²) in [5, 5.41) is 14.9. The molecule has 1 atom stereocenters. The number of carbonyl (C=O) groups is 2. The zero-order valence-electron chi connectivity index (χ0n) is 19.4. The number of hydrogen-bond acceptors (Lipinski definition) is 6. The maximum absolute atomic E-state index is 13.3.